The van der Waals surface area contributed by atoms with Gasteiger partial charge in [0, 0.05) is 25.2 Å². The molecule has 0 fully saturated rings. The molecule has 2 rings (SSSR count). The molecule has 1 heterocycles. The largest absolute Gasteiger partial charge is 0.497 e. The molecule has 0 amide bonds. The maximum absolute atomic E-state index is 5.80. The van der Waals surface area contributed by atoms with Crippen molar-refractivity contribution in [2.24, 2.45) is 5.73 Å². The van der Waals surface area contributed by atoms with Crippen LogP contribution in [0.15, 0.2) is 33.4 Å². The third kappa shape index (κ3) is 3.50. The van der Waals surface area contributed by atoms with Gasteiger partial charge in [0.2, 0.25) is 0 Å². The summed E-state index contributed by atoms with van der Waals surface area (Å²) >= 11 is 10.3. The fraction of sp³-hybridized carbons (Fsp3) is 0.214. The molecule has 0 aliphatic heterocycles. The summed E-state index contributed by atoms with van der Waals surface area (Å²) in [6.07, 6.45) is 0. The van der Waals surface area contributed by atoms with Gasteiger partial charge in [0.1, 0.15) is 10.7 Å². The second-order valence-electron chi connectivity index (χ2n) is 4.36. The van der Waals surface area contributed by atoms with E-state index in [1.54, 1.807) is 18.4 Å². The van der Waals surface area contributed by atoms with Gasteiger partial charge in [-0.15, -0.1) is 11.3 Å². The van der Waals surface area contributed by atoms with Gasteiger partial charge in [-0.2, -0.15) is 0 Å². The first kappa shape index (κ1) is 15.3. The van der Waals surface area contributed by atoms with Gasteiger partial charge >= 0.3 is 0 Å². The first-order chi connectivity index (χ1) is 9.51. The van der Waals surface area contributed by atoms with Crippen molar-refractivity contribution in [3.63, 3.8) is 0 Å². The Bertz CT molecular complexity index is 627. The molecule has 20 heavy (non-hydrogen) atoms. The van der Waals surface area contributed by atoms with Gasteiger partial charge in [0.15, 0.2) is 0 Å². The first-order valence-electron chi connectivity index (χ1n) is 5.93. The SMILES string of the molecule is COc1ccc(C(N)=S)c(N(C)Cc2csc(Br)c2)c1. The molecule has 2 N–H and O–H groups in total. The number of benzene rings is 1. The van der Waals surface area contributed by atoms with E-state index in [9.17, 15) is 0 Å². The monoisotopic (exact) mass is 370 g/mol. The van der Waals surface area contributed by atoms with Crippen molar-refractivity contribution in [2.75, 3.05) is 19.1 Å². The van der Waals surface area contributed by atoms with E-state index in [-0.39, 0.29) is 0 Å². The van der Waals surface area contributed by atoms with E-state index in [0.29, 0.717) is 4.99 Å². The Hall–Kier alpha value is -1.11. The van der Waals surface area contributed by atoms with Crippen molar-refractivity contribution in [1.82, 2.24) is 0 Å². The first-order valence-corrected chi connectivity index (χ1v) is 8.01. The number of halogens is 1. The molecule has 0 radical (unpaired) electrons. The number of thiophene rings is 1. The molecule has 0 bridgehead atoms. The van der Waals surface area contributed by atoms with E-state index in [4.69, 9.17) is 22.7 Å². The van der Waals surface area contributed by atoms with Crippen LogP contribution in [0.3, 0.4) is 0 Å². The number of nitrogens with zero attached hydrogens (tertiary/aromatic N) is 1. The minimum absolute atomic E-state index is 0.390. The summed E-state index contributed by atoms with van der Waals surface area (Å²) < 4.78 is 6.40. The highest BCUT2D eigenvalue weighted by Crippen LogP contribution is 2.28. The Morgan fingerprint density at radius 3 is 2.75 bits per heavy atom. The van der Waals surface area contributed by atoms with Crippen LogP contribution in [-0.4, -0.2) is 19.1 Å². The van der Waals surface area contributed by atoms with Crippen LogP contribution in [0.4, 0.5) is 5.69 Å². The summed E-state index contributed by atoms with van der Waals surface area (Å²) in [4.78, 5) is 2.51. The van der Waals surface area contributed by atoms with Gasteiger partial charge in [-0.1, -0.05) is 12.2 Å². The van der Waals surface area contributed by atoms with Crippen molar-refractivity contribution in [2.45, 2.75) is 6.54 Å². The van der Waals surface area contributed by atoms with Gasteiger partial charge in [0.05, 0.1) is 16.6 Å². The normalized spacial score (nSPS) is 10.3. The second-order valence-corrected chi connectivity index (χ2v) is 7.09. The molecule has 0 unspecified atom stereocenters. The molecule has 0 aliphatic rings. The predicted octanol–water partition coefficient (Wildman–Crippen LogP) is 3.79. The zero-order valence-corrected chi connectivity index (χ0v) is 14.4. The van der Waals surface area contributed by atoms with Crippen molar-refractivity contribution in [3.05, 3.63) is 44.6 Å². The molecule has 2 aromatic rings. The number of nitrogens with two attached hydrogens (primary N) is 1. The van der Waals surface area contributed by atoms with E-state index in [2.05, 4.69) is 32.3 Å². The Labute approximate surface area is 136 Å². The maximum Gasteiger partial charge on any atom is 0.120 e. The molecule has 0 atom stereocenters. The second kappa shape index (κ2) is 6.56. The Balaban J connectivity index is 2.31. The lowest BCUT2D eigenvalue weighted by Gasteiger charge is -2.22. The van der Waals surface area contributed by atoms with Crippen molar-refractivity contribution in [3.8, 4) is 5.75 Å². The predicted molar refractivity (Wildman–Crippen MR) is 93.0 cm³/mol. The highest BCUT2D eigenvalue weighted by Gasteiger charge is 2.12. The standard InChI is InChI=1S/C14H15BrN2OS2/c1-17(7-9-5-13(15)20-8-9)12-6-10(18-2)3-4-11(12)14(16)19/h3-6,8H,7H2,1-2H3,(H2,16,19). The topological polar surface area (TPSA) is 38.5 Å². The smallest absolute Gasteiger partial charge is 0.120 e. The Morgan fingerprint density at radius 2 is 2.20 bits per heavy atom. The third-order valence-corrected chi connectivity index (χ3v) is 4.70. The summed E-state index contributed by atoms with van der Waals surface area (Å²) in [7, 11) is 3.66. The maximum atomic E-state index is 5.80. The van der Waals surface area contributed by atoms with Crippen LogP contribution >= 0.6 is 39.5 Å². The summed E-state index contributed by atoms with van der Waals surface area (Å²) in [5.74, 6) is 0.790. The molecule has 0 spiro atoms. The van der Waals surface area contributed by atoms with Crippen LogP contribution in [-0.2, 0) is 6.54 Å². The highest BCUT2D eigenvalue weighted by atomic mass is 79.9. The van der Waals surface area contributed by atoms with Crippen LogP contribution in [0.25, 0.3) is 0 Å². The van der Waals surface area contributed by atoms with Gasteiger partial charge in [-0.3, -0.25) is 0 Å². The third-order valence-electron chi connectivity index (χ3n) is 2.92. The van der Waals surface area contributed by atoms with Crippen LogP contribution in [0.5, 0.6) is 5.75 Å². The molecule has 1 aromatic heterocycles. The number of methoxy groups -OCH3 is 1. The molecule has 0 saturated heterocycles. The Morgan fingerprint density at radius 1 is 1.45 bits per heavy atom. The van der Waals surface area contributed by atoms with Gasteiger partial charge in [0.25, 0.3) is 0 Å². The van der Waals surface area contributed by atoms with Crippen LogP contribution in [0.1, 0.15) is 11.1 Å². The minimum Gasteiger partial charge on any atom is -0.497 e. The Kier molecular flexibility index (Phi) is 5.01. The summed E-state index contributed by atoms with van der Waals surface area (Å²) in [6, 6.07) is 7.83. The summed E-state index contributed by atoms with van der Waals surface area (Å²) in [5.41, 5.74) is 8.87. The van der Waals surface area contributed by atoms with Gasteiger partial charge in [-0.05, 0) is 45.1 Å². The average Bonchev–Trinajstić information content (AvgIpc) is 2.83. The average molecular weight is 371 g/mol. The van der Waals surface area contributed by atoms with E-state index in [0.717, 1.165) is 27.3 Å². The number of anilines is 1. The molecule has 106 valence electrons. The lowest BCUT2D eigenvalue weighted by Crippen LogP contribution is -2.21. The van der Waals surface area contributed by atoms with Crippen LogP contribution in [0.2, 0.25) is 0 Å². The van der Waals surface area contributed by atoms with Crippen molar-refractivity contribution < 1.29 is 4.74 Å². The molecule has 3 nitrogen and oxygen atoms in total. The van der Waals surface area contributed by atoms with Crippen molar-refractivity contribution >= 4 is 50.2 Å². The lowest BCUT2D eigenvalue weighted by molar-refractivity contribution is 0.415. The minimum atomic E-state index is 0.390. The molecule has 0 aliphatic carbocycles. The van der Waals surface area contributed by atoms with Crippen LogP contribution in [0, 0.1) is 0 Å². The van der Waals surface area contributed by atoms with Crippen molar-refractivity contribution in [1.29, 1.82) is 0 Å². The summed E-state index contributed by atoms with van der Waals surface area (Å²) in [5, 5.41) is 2.13. The number of rotatable bonds is 5. The molecule has 0 saturated carbocycles. The molecule has 1 aromatic carbocycles. The molecular weight excluding hydrogens is 356 g/mol. The zero-order chi connectivity index (χ0) is 14.7. The van der Waals surface area contributed by atoms with Gasteiger partial charge in [-0.25, -0.2) is 0 Å². The number of thiocarbonyl (C=S) groups is 1. The molecule has 6 heteroatoms. The van der Waals surface area contributed by atoms with E-state index >= 15 is 0 Å². The summed E-state index contributed by atoms with van der Waals surface area (Å²) in [6.45, 7) is 0.783. The van der Waals surface area contributed by atoms with Gasteiger partial charge < -0.3 is 15.4 Å². The van der Waals surface area contributed by atoms with E-state index < -0.39 is 0 Å². The zero-order valence-electron chi connectivity index (χ0n) is 11.2. The lowest BCUT2D eigenvalue weighted by atomic mass is 10.1. The van der Waals surface area contributed by atoms with E-state index in [1.807, 2.05) is 25.2 Å². The fourth-order valence-electron chi connectivity index (χ4n) is 1.95. The highest BCUT2D eigenvalue weighted by molar-refractivity contribution is 9.11. The van der Waals surface area contributed by atoms with Crippen LogP contribution < -0.4 is 15.4 Å². The molecular formula is C14H15BrN2OS2. The fourth-order valence-corrected chi connectivity index (χ4v) is 3.32. The quantitative estimate of drug-likeness (QED) is 0.812. The van der Waals surface area contributed by atoms with E-state index in [1.165, 1.54) is 5.56 Å². The number of ether oxygens (including phenoxy) is 1. The number of hydrogen-bond acceptors (Lipinski definition) is 4. The number of hydrogen-bond donors (Lipinski definition) is 1.